The highest BCUT2D eigenvalue weighted by molar-refractivity contribution is 5.80. The second kappa shape index (κ2) is 7.07. The Hall–Kier alpha value is -1.85. The van der Waals surface area contributed by atoms with Gasteiger partial charge >= 0.3 is 5.97 Å². The van der Waals surface area contributed by atoms with Crippen LogP contribution in [0.15, 0.2) is 0 Å². The summed E-state index contributed by atoms with van der Waals surface area (Å²) in [6.07, 6.45) is 0.543. The second-order valence-corrected chi connectivity index (χ2v) is 4.75. The number of aromatic nitrogens is 2. The molecule has 0 radical (unpaired) electrons. The lowest BCUT2D eigenvalue weighted by molar-refractivity contribution is -0.141. The number of aryl methyl sites for hydroxylation is 2. The summed E-state index contributed by atoms with van der Waals surface area (Å²) >= 11 is 0. The van der Waals surface area contributed by atoms with Crippen molar-refractivity contribution in [3.63, 3.8) is 0 Å². The van der Waals surface area contributed by atoms with Gasteiger partial charge in [-0.2, -0.15) is 5.10 Å². The molecule has 0 aromatic carbocycles. The molecule has 1 aromatic rings. The summed E-state index contributed by atoms with van der Waals surface area (Å²) < 4.78 is 6.37. The molecule has 1 rings (SSSR count). The van der Waals surface area contributed by atoms with E-state index in [0.717, 1.165) is 17.0 Å². The fourth-order valence-electron chi connectivity index (χ4n) is 2.12. The molecule has 0 aliphatic rings. The van der Waals surface area contributed by atoms with Gasteiger partial charge in [-0.1, -0.05) is 0 Å². The average Bonchev–Trinajstić information content (AvgIpc) is 2.65. The van der Waals surface area contributed by atoms with Gasteiger partial charge in [-0.15, -0.1) is 0 Å². The van der Waals surface area contributed by atoms with Gasteiger partial charge in [-0.25, -0.2) is 0 Å². The van der Waals surface area contributed by atoms with Crippen LogP contribution in [0.4, 0.5) is 0 Å². The number of likely N-dealkylation sites (N-methyl/N-ethyl adjacent to an activating group) is 1. The fourth-order valence-corrected chi connectivity index (χ4v) is 2.12. The molecular weight excluding hydrogens is 258 g/mol. The number of esters is 1. The van der Waals surface area contributed by atoms with Crippen molar-refractivity contribution in [1.29, 1.82) is 0 Å². The number of amides is 1. The number of carbonyl (C=O) groups excluding carboxylic acids is 2. The highest BCUT2D eigenvalue weighted by atomic mass is 16.5. The van der Waals surface area contributed by atoms with E-state index in [-0.39, 0.29) is 18.3 Å². The van der Waals surface area contributed by atoms with Crippen LogP contribution in [0.1, 0.15) is 30.3 Å². The van der Waals surface area contributed by atoms with Crippen LogP contribution in [-0.2, 0) is 27.8 Å². The molecule has 6 heteroatoms. The normalized spacial score (nSPS) is 10.4. The van der Waals surface area contributed by atoms with E-state index in [9.17, 15) is 9.59 Å². The maximum absolute atomic E-state index is 12.3. The maximum atomic E-state index is 12.3. The van der Waals surface area contributed by atoms with Crippen LogP contribution in [0.2, 0.25) is 0 Å². The summed E-state index contributed by atoms with van der Waals surface area (Å²) in [6, 6.07) is 0. The van der Waals surface area contributed by atoms with E-state index in [1.54, 1.807) is 9.58 Å². The van der Waals surface area contributed by atoms with E-state index in [4.69, 9.17) is 0 Å². The molecule has 0 spiro atoms. The quantitative estimate of drug-likeness (QED) is 0.729. The first kappa shape index (κ1) is 16.2. The van der Waals surface area contributed by atoms with Crippen molar-refractivity contribution < 1.29 is 14.3 Å². The van der Waals surface area contributed by atoms with Crippen LogP contribution in [0.25, 0.3) is 0 Å². The molecule has 0 bridgehead atoms. The van der Waals surface area contributed by atoms with E-state index < -0.39 is 0 Å². The number of nitrogens with zero attached hydrogens (tertiary/aromatic N) is 3. The maximum Gasteiger partial charge on any atom is 0.307 e. The van der Waals surface area contributed by atoms with Crippen molar-refractivity contribution in [2.24, 2.45) is 7.05 Å². The van der Waals surface area contributed by atoms with Gasteiger partial charge in [0.15, 0.2) is 0 Å². The zero-order valence-corrected chi connectivity index (χ0v) is 12.9. The molecule has 0 aliphatic carbocycles. The average molecular weight is 281 g/mol. The third-order valence-electron chi connectivity index (χ3n) is 3.53. The molecule has 112 valence electrons. The van der Waals surface area contributed by atoms with Crippen molar-refractivity contribution in [2.75, 3.05) is 20.2 Å². The zero-order valence-electron chi connectivity index (χ0n) is 12.9. The Balaban J connectivity index is 2.70. The molecular formula is C14H23N3O3. The summed E-state index contributed by atoms with van der Waals surface area (Å²) in [6.45, 7) is 6.72. The number of ether oxygens (including phenoxy) is 1. The van der Waals surface area contributed by atoms with Gasteiger partial charge in [0.2, 0.25) is 5.91 Å². The predicted molar refractivity (Wildman–Crippen MR) is 75.3 cm³/mol. The van der Waals surface area contributed by atoms with Gasteiger partial charge in [0.05, 0.1) is 25.6 Å². The number of carbonyl (C=O) groups is 2. The summed E-state index contributed by atoms with van der Waals surface area (Å²) in [5.41, 5.74) is 2.84. The van der Waals surface area contributed by atoms with Gasteiger partial charge < -0.3 is 9.64 Å². The largest absolute Gasteiger partial charge is 0.469 e. The predicted octanol–water partition coefficient (Wildman–Crippen LogP) is 0.991. The molecule has 1 heterocycles. The lowest BCUT2D eigenvalue weighted by Crippen LogP contribution is -2.34. The van der Waals surface area contributed by atoms with E-state index >= 15 is 0 Å². The van der Waals surface area contributed by atoms with Crippen molar-refractivity contribution in [2.45, 2.75) is 33.6 Å². The first-order chi connectivity index (χ1) is 9.40. The summed E-state index contributed by atoms with van der Waals surface area (Å²) in [7, 11) is 3.22. The molecule has 20 heavy (non-hydrogen) atoms. The Kier molecular flexibility index (Phi) is 5.73. The SMILES string of the molecule is CCN(CCC(=O)OC)C(=O)Cc1c(C)nn(C)c1C. The van der Waals surface area contributed by atoms with E-state index in [1.165, 1.54) is 7.11 Å². The van der Waals surface area contributed by atoms with Crippen molar-refractivity contribution in [3.05, 3.63) is 17.0 Å². The Morgan fingerprint density at radius 1 is 1.35 bits per heavy atom. The van der Waals surface area contributed by atoms with Gasteiger partial charge in [-0.3, -0.25) is 14.3 Å². The van der Waals surface area contributed by atoms with Gasteiger partial charge in [0.25, 0.3) is 0 Å². The van der Waals surface area contributed by atoms with E-state index in [1.807, 2.05) is 27.8 Å². The molecule has 0 aliphatic heterocycles. The van der Waals surface area contributed by atoms with Crippen LogP contribution in [0.3, 0.4) is 0 Å². The standard InChI is InChI=1S/C14H23N3O3/c1-6-17(8-7-14(19)20-5)13(18)9-12-10(2)15-16(4)11(12)3/h6-9H2,1-5H3. The Morgan fingerprint density at radius 3 is 2.45 bits per heavy atom. The minimum Gasteiger partial charge on any atom is -0.469 e. The van der Waals surface area contributed by atoms with Crippen LogP contribution >= 0.6 is 0 Å². The topological polar surface area (TPSA) is 64.4 Å². The third-order valence-corrected chi connectivity index (χ3v) is 3.53. The molecule has 0 saturated carbocycles. The van der Waals surface area contributed by atoms with Crippen LogP contribution in [0.5, 0.6) is 0 Å². The Labute approximate surface area is 119 Å². The van der Waals surface area contributed by atoms with Crippen molar-refractivity contribution in [3.8, 4) is 0 Å². The highest BCUT2D eigenvalue weighted by Gasteiger charge is 2.18. The summed E-state index contributed by atoms with van der Waals surface area (Å²) in [5.74, 6) is -0.291. The van der Waals surface area contributed by atoms with Crippen LogP contribution in [0, 0.1) is 13.8 Å². The van der Waals surface area contributed by atoms with Crippen molar-refractivity contribution in [1.82, 2.24) is 14.7 Å². The van der Waals surface area contributed by atoms with Gasteiger partial charge in [-0.05, 0) is 20.8 Å². The second-order valence-electron chi connectivity index (χ2n) is 4.75. The monoisotopic (exact) mass is 281 g/mol. The van der Waals surface area contributed by atoms with Crippen LogP contribution in [-0.4, -0.2) is 46.8 Å². The van der Waals surface area contributed by atoms with Crippen LogP contribution < -0.4 is 0 Å². The number of methoxy groups -OCH3 is 1. The fraction of sp³-hybridized carbons (Fsp3) is 0.643. The smallest absolute Gasteiger partial charge is 0.307 e. The molecule has 0 atom stereocenters. The lowest BCUT2D eigenvalue weighted by atomic mass is 10.1. The molecule has 0 saturated heterocycles. The summed E-state index contributed by atoms with van der Waals surface area (Å²) in [4.78, 5) is 25.1. The number of rotatable bonds is 6. The third kappa shape index (κ3) is 3.82. The molecule has 1 amide bonds. The molecule has 0 N–H and O–H groups in total. The molecule has 0 fully saturated rings. The Bertz CT molecular complexity index is 494. The van der Waals surface area contributed by atoms with Crippen molar-refractivity contribution >= 4 is 11.9 Å². The zero-order chi connectivity index (χ0) is 15.3. The minimum atomic E-state index is -0.301. The van der Waals surface area contributed by atoms with Gasteiger partial charge in [0.1, 0.15) is 0 Å². The van der Waals surface area contributed by atoms with E-state index in [0.29, 0.717) is 19.5 Å². The highest BCUT2D eigenvalue weighted by Crippen LogP contribution is 2.14. The Morgan fingerprint density at radius 2 is 2.00 bits per heavy atom. The molecule has 0 unspecified atom stereocenters. The van der Waals surface area contributed by atoms with E-state index in [2.05, 4.69) is 9.84 Å². The van der Waals surface area contributed by atoms with Gasteiger partial charge in [0, 0.05) is 31.4 Å². The number of hydrogen-bond donors (Lipinski definition) is 0. The molecule has 6 nitrogen and oxygen atoms in total. The first-order valence-electron chi connectivity index (χ1n) is 6.74. The first-order valence-corrected chi connectivity index (χ1v) is 6.74. The number of hydrogen-bond acceptors (Lipinski definition) is 4. The summed E-state index contributed by atoms with van der Waals surface area (Å²) in [5, 5.41) is 4.31. The molecule has 1 aromatic heterocycles. The lowest BCUT2D eigenvalue weighted by Gasteiger charge is -2.20. The minimum absolute atomic E-state index is 0.00982.